The number of cyclic esters (lactones) is 1. The van der Waals surface area contributed by atoms with Gasteiger partial charge in [0, 0.05) is 6.42 Å². The van der Waals surface area contributed by atoms with Crippen LogP contribution in [0.25, 0.3) is 0 Å². The van der Waals surface area contributed by atoms with E-state index in [9.17, 15) is 9.59 Å². The molecule has 4 heteroatoms. The molecule has 23 heavy (non-hydrogen) atoms. The maximum Gasteiger partial charge on any atom is 0.336 e. The Kier molecular flexibility index (Phi) is 3.18. The number of amides is 1. The molecule has 2 aliphatic heterocycles. The summed E-state index contributed by atoms with van der Waals surface area (Å²) in [6.07, 6.45) is 0.839. The smallest absolute Gasteiger partial charge is 0.336 e. The van der Waals surface area contributed by atoms with Crippen LogP contribution < -0.4 is 0 Å². The summed E-state index contributed by atoms with van der Waals surface area (Å²) in [5.41, 5.74) is 0.837. The molecule has 2 aromatic carbocycles. The van der Waals surface area contributed by atoms with E-state index in [0.29, 0.717) is 12.8 Å². The van der Waals surface area contributed by atoms with E-state index in [1.54, 1.807) is 4.90 Å². The van der Waals surface area contributed by atoms with Gasteiger partial charge in [0.25, 0.3) is 0 Å². The zero-order chi connectivity index (χ0) is 15.9. The number of ether oxygens (including phenoxy) is 1. The number of carbonyl (C=O) groups is 2. The zero-order valence-electron chi connectivity index (χ0n) is 12.6. The molecule has 0 unspecified atom stereocenters. The topological polar surface area (TPSA) is 46.6 Å². The first kappa shape index (κ1) is 14.0. The van der Waals surface area contributed by atoms with Crippen LogP contribution in [0.4, 0.5) is 0 Å². The molecule has 2 aromatic rings. The predicted octanol–water partition coefficient (Wildman–Crippen LogP) is 2.80. The fourth-order valence-corrected chi connectivity index (χ4v) is 3.77. The van der Waals surface area contributed by atoms with Crippen LogP contribution in [0.15, 0.2) is 60.7 Å². The minimum absolute atomic E-state index is 0.0133. The number of morpholine rings is 1. The Morgan fingerprint density at radius 2 is 1.61 bits per heavy atom. The summed E-state index contributed by atoms with van der Waals surface area (Å²) in [7, 11) is 0. The predicted molar refractivity (Wildman–Crippen MR) is 84.3 cm³/mol. The fourth-order valence-electron chi connectivity index (χ4n) is 3.77. The Balaban J connectivity index is 1.86. The first-order valence-corrected chi connectivity index (χ1v) is 7.83. The highest BCUT2D eigenvalue weighted by molar-refractivity contribution is 5.94. The number of carbonyl (C=O) groups excluding carboxylic acids is 2. The average Bonchev–Trinajstić information content (AvgIpc) is 2.97. The largest absolute Gasteiger partial charge is 0.461 e. The van der Waals surface area contributed by atoms with Gasteiger partial charge in [0.2, 0.25) is 5.91 Å². The van der Waals surface area contributed by atoms with E-state index in [-0.39, 0.29) is 24.5 Å². The van der Waals surface area contributed by atoms with E-state index in [4.69, 9.17) is 4.74 Å². The molecule has 2 heterocycles. The average molecular weight is 307 g/mol. The third-order valence-corrected chi connectivity index (χ3v) is 4.84. The van der Waals surface area contributed by atoms with Crippen molar-refractivity contribution in [3.8, 4) is 0 Å². The van der Waals surface area contributed by atoms with Crippen LogP contribution in [0.2, 0.25) is 0 Å². The van der Waals surface area contributed by atoms with Crippen molar-refractivity contribution in [2.45, 2.75) is 24.4 Å². The molecule has 4 rings (SSSR count). The van der Waals surface area contributed by atoms with Crippen LogP contribution in [0.3, 0.4) is 0 Å². The van der Waals surface area contributed by atoms with Crippen LogP contribution in [0, 0.1) is 0 Å². The van der Waals surface area contributed by atoms with Gasteiger partial charge in [-0.1, -0.05) is 60.7 Å². The molecule has 0 radical (unpaired) electrons. The molecule has 0 bridgehead atoms. The van der Waals surface area contributed by atoms with Crippen molar-refractivity contribution < 1.29 is 14.3 Å². The molecule has 2 aliphatic rings. The maximum atomic E-state index is 12.7. The molecular weight excluding hydrogens is 290 g/mol. The van der Waals surface area contributed by atoms with Crippen LogP contribution >= 0.6 is 0 Å². The summed E-state index contributed by atoms with van der Waals surface area (Å²) < 4.78 is 5.53. The van der Waals surface area contributed by atoms with E-state index in [0.717, 1.165) is 11.1 Å². The number of fused-ring (bicyclic) bond motifs is 1. The highest BCUT2D eigenvalue weighted by atomic mass is 16.5. The van der Waals surface area contributed by atoms with Gasteiger partial charge in [-0.2, -0.15) is 0 Å². The maximum absolute atomic E-state index is 12.7. The lowest BCUT2D eigenvalue weighted by atomic mass is 9.84. The monoisotopic (exact) mass is 307 g/mol. The molecule has 0 aliphatic carbocycles. The first-order chi connectivity index (χ1) is 11.2. The van der Waals surface area contributed by atoms with Crippen molar-refractivity contribution in [3.63, 3.8) is 0 Å². The van der Waals surface area contributed by atoms with Gasteiger partial charge >= 0.3 is 5.97 Å². The number of hydrogen-bond acceptors (Lipinski definition) is 3. The second-order valence-corrected chi connectivity index (χ2v) is 6.01. The molecule has 0 N–H and O–H groups in total. The van der Waals surface area contributed by atoms with Gasteiger partial charge in [-0.15, -0.1) is 0 Å². The van der Waals surface area contributed by atoms with Gasteiger partial charge in [-0.05, 0) is 17.5 Å². The number of nitrogens with zero attached hydrogens (tertiary/aromatic N) is 1. The van der Waals surface area contributed by atoms with Crippen molar-refractivity contribution >= 4 is 11.9 Å². The lowest BCUT2D eigenvalue weighted by molar-refractivity contribution is -0.178. The molecule has 2 saturated heterocycles. The van der Waals surface area contributed by atoms with E-state index in [2.05, 4.69) is 0 Å². The van der Waals surface area contributed by atoms with Gasteiger partial charge in [-0.3, -0.25) is 4.79 Å². The summed E-state index contributed by atoms with van der Waals surface area (Å²) in [4.78, 5) is 27.1. The third kappa shape index (κ3) is 1.98. The van der Waals surface area contributed by atoms with Gasteiger partial charge < -0.3 is 9.64 Å². The third-order valence-electron chi connectivity index (χ3n) is 4.84. The van der Waals surface area contributed by atoms with Crippen molar-refractivity contribution in [2.24, 2.45) is 0 Å². The van der Waals surface area contributed by atoms with Gasteiger partial charge in [0.15, 0.2) is 5.54 Å². The first-order valence-electron chi connectivity index (χ1n) is 7.83. The number of hydrogen-bond donors (Lipinski definition) is 0. The van der Waals surface area contributed by atoms with Crippen LogP contribution in [0.1, 0.15) is 30.0 Å². The van der Waals surface area contributed by atoms with Crippen molar-refractivity contribution in [1.29, 1.82) is 0 Å². The van der Waals surface area contributed by atoms with Crippen LogP contribution in [-0.4, -0.2) is 23.4 Å². The molecule has 4 nitrogen and oxygen atoms in total. The second kappa shape index (κ2) is 5.23. The van der Waals surface area contributed by atoms with Crippen molar-refractivity contribution in [1.82, 2.24) is 4.90 Å². The molecule has 2 atom stereocenters. The lowest BCUT2D eigenvalue weighted by Gasteiger charge is -2.45. The summed E-state index contributed by atoms with van der Waals surface area (Å²) in [6.45, 7) is 0.211. The fraction of sp³-hybridized carbons (Fsp3) is 0.263. The summed E-state index contributed by atoms with van der Waals surface area (Å²) >= 11 is 0. The Labute approximate surface area is 134 Å². The second-order valence-electron chi connectivity index (χ2n) is 6.01. The number of esters is 1. The van der Waals surface area contributed by atoms with E-state index in [1.807, 2.05) is 60.7 Å². The Morgan fingerprint density at radius 3 is 2.30 bits per heavy atom. The van der Waals surface area contributed by atoms with Crippen LogP contribution in [0.5, 0.6) is 0 Å². The molecule has 116 valence electrons. The summed E-state index contributed by atoms with van der Waals surface area (Å²) in [5.74, 6) is -0.305. The SMILES string of the molecule is O=C1CC[C@]2(c3ccccc3)C(=O)OC[C@@H](c3ccccc3)N12. The van der Waals surface area contributed by atoms with Gasteiger partial charge in [0.05, 0.1) is 6.04 Å². The molecule has 2 fully saturated rings. The van der Waals surface area contributed by atoms with Crippen molar-refractivity contribution in [3.05, 3.63) is 71.8 Å². The molecule has 0 spiro atoms. The Hall–Kier alpha value is -2.62. The lowest BCUT2D eigenvalue weighted by Crippen LogP contribution is -2.56. The minimum atomic E-state index is -0.989. The molecule has 0 saturated carbocycles. The highest BCUT2D eigenvalue weighted by Gasteiger charge is 2.58. The van der Waals surface area contributed by atoms with E-state index in [1.165, 1.54) is 0 Å². The quantitative estimate of drug-likeness (QED) is 0.802. The summed E-state index contributed by atoms with van der Waals surface area (Å²) in [6, 6.07) is 19.0. The van der Waals surface area contributed by atoms with Gasteiger partial charge in [0.1, 0.15) is 6.61 Å². The van der Waals surface area contributed by atoms with Crippen LogP contribution in [-0.2, 0) is 19.9 Å². The molecule has 1 amide bonds. The zero-order valence-corrected chi connectivity index (χ0v) is 12.6. The van der Waals surface area contributed by atoms with E-state index < -0.39 is 5.54 Å². The van der Waals surface area contributed by atoms with Gasteiger partial charge in [-0.25, -0.2) is 4.79 Å². The number of benzene rings is 2. The van der Waals surface area contributed by atoms with Crippen molar-refractivity contribution in [2.75, 3.05) is 6.61 Å². The number of rotatable bonds is 2. The standard InChI is InChI=1S/C19H17NO3/c21-17-11-12-19(15-9-5-2-6-10-15)18(22)23-13-16(20(17)19)14-7-3-1-4-8-14/h1-10,16H,11-13H2/t16-,19-/m0/s1. The Morgan fingerprint density at radius 1 is 0.957 bits per heavy atom. The molecule has 0 aromatic heterocycles. The van der Waals surface area contributed by atoms with E-state index >= 15 is 0 Å². The normalized spacial score (nSPS) is 26.8. The molecular formula is C19H17NO3. The Bertz CT molecular complexity index is 744. The minimum Gasteiger partial charge on any atom is -0.461 e. The highest BCUT2D eigenvalue weighted by Crippen LogP contribution is 2.48. The summed E-state index contributed by atoms with van der Waals surface area (Å²) in [5, 5.41) is 0.